The average molecular weight is 445 g/mol. The number of amides is 1. The summed E-state index contributed by atoms with van der Waals surface area (Å²) in [6.07, 6.45) is 4.11. The largest absolute Gasteiger partial charge is 0.316 e. The van der Waals surface area contributed by atoms with Gasteiger partial charge >= 0.3 is 0 Å². The van der Waals surface area contributed by atoms with Crippen molar-refractivity contribution in [1.29, 1.82) is 0 Å². The molecule has 1 saturated heterocycles. The first-order valence-electron chi connectivity index (χ1n) is 8.54. The number of hydrogen-bond donors (Lipinski definition) is 0. The number of aryl methyl sites for hydroxylation is 1. The van der Waals surface area contributed by atoms with E-state index in [-0.39, 0.29) is 5.69 Å². The molecule has 3 rings (SSSR count). The van der Waals surface area contributed by atoms with Gasteiger partial charge in [0.1, 0.15) is 6.04 Å². The minimum absolute atomic E-state index is 0.0253. The Morgan fingerprint density at radius 3 is 2.86 bits per heavy atom. The first-order chi connectivity index (χ1) is 13.2. The maximum atomic E-state index is 12.8. The Kier molecular flexibility index (Phi) is 6.22. The van der Waals surface area contributed by atoms with Crippen LogP contribution in [0.4, 0.5) is 5.69 Å². The van der Waals surface area contributed by atoms with Crippen molar-refractivity contribution in [1.82, 2.24) is 8.87 Å². The Morgan fingerprint density at radius 1 is 1.46 bits per heavy atom. The maximum absolute atomic E-state index is 12.8. The number of nitrogens with zero attached hydrogens (tertiary/aromatic N) is 4. The SMILES string of the molecule is CSCCn1c(=NC(=O)C2CCCN2S(C)(=O)=O)sc2cc([N+](=O)[O-])ccc21. The van der Waals surface area contributed by atoms with E-state index in [0.717, 1.165) is 17.5 Å². The Hall–Kier alpha value is -1.76. The van der Waals surface area contributed by atoms with Crippen LogP contribution in [0, 0.1) is 10.1 Å². The van der Waals surface area contributed by atoms with Crippen molar-refractivity contribution < 1.29 is 18.1 Å². The summed E-state index contributed by atoms with van der Waals surface area (Å²) in [5.74, 6) is 0.283. The lowest BCUT2D eigenvalue weighted by Gasteiger charge is -2.18. The predicted octanol–water partition coefficient (Wildman–Crippen LogP) is 1.83. The van der Waals surface area contributed by atoms with Crippen LogP contribution in [0.5, 0.6) is 0 Å². The molecule has 1 amide bonds. The molecule has 1 aromatic heterocycles. The van der Waals surface area contributed by atoms with Crippen LogP contribution in [0.25, 0.3) is 10.2 Å². The quantitative estimate of drug-likeness (QED) is 0.496. The van der Waals surface area contributed by atoms with Crippen molar-refractivity contribution in [2.75, 3.05) is 24.8 Å². The molecule has 28 heavy (non-hydrogen) atoms. The number of nitro benzene ring substituents is 1. The average Bonchev–Trinajstić information content (AvgIpc) is 3.24. The number of fused-ring (bicyclic) bond motifs is 1. The molecule has 0 bridgehead atoms. The lowest BCUT2D eigenvalue weighted by atomic mass is 10.2. The minimum Gasteiger partial charge on any atom is -0.316 e. The minimum atomic E-state index is -3.48. The molecule has 2 aromatic rings. The van der Waals surface area contributed by atoms with Gasteiger partial charge in [-0.05, 0) is 25.2 Å². The van der Waals surface area contributed by atoms with E-state index in [1.807, 2.05) is 10.8 Å². The lowest BCUT2D eigenvalue weighted by Crippen LogP contribution is -2.40. The number of thioether (sulfide) groups is 1. The maximum Gasteiger partial charge on any atom is 0.270 e. The van der Waals surface area contributed by atoms with E-state index in [2.05, 4.69) is 4.99 Å². The summed E-state index contributed by atoms with van der Waals surface area (Å²) >= 11 is 2.83. The van der Waals surface area contributed by atoms with E-state index in [1.54, 1.807) is 17.8 Å². The van der Waals surface area contributed by atoms with Gasteiger partial charge in [-0.1, -0.05) is 11.3 Å². The predicted molar refractivity (Wildman–Crippen MR) is 110 cm³/mol. The number of benzene rings is 1. The van der Waals surface area contributed by atoms with Crippen molar-refractivity contribution in [3.8, 4) is 0 Å². The highest BCUT2D eigenvalue weighted by Gasteiger charge is 2.36. The summed E-state index contributed by atoms with van der Waals surface area (Å²) in [6, 6.07) is 3.77. The number of rotatable bonds is 6. The first-order valence-corrected chi connectivity index (χ1v) is 12.6. The molecule has 12 heteroatoms. The zero-order chi connectivity index (χ0) is 20.5. The highest BCUT2D eigenvalue weighted by Crippen LogP contribution is 2.24. The molecule has 1 fully saturated rings. The van der Waals surface area contributed by atoms with Crippen LogP contribution in [0.2, 0.25) is 0 Å². The highest BCUT2D eigenvalue weighted by atomic mass is 32.2. The number of thiazole rings is 1. The van der Waals surface area contributed by atoms with Crippen LogP contribution in [0.15, 0.2) is 23.2 Å². The van der Waals surface area contributed by atoms with E-state index in [0.29, 0.717) is 35.4 Å². The molecule has 0 saturated carbocycles. The smallest absolute Gasteiger partial charge is 0.270 e. The van der Waals surface area contributed by atoms with Gasteiger partial charge in [0.2, 0.25) is 10.0 Å². The number of sulfonamides is 1. The zero-order valence-electron chi connectivity index (χ0n) is 15.4. The molecule has 152 valence electrons. The number of aromatic nitrogens is 1. The second kappa shape index (κ2) is 8.31. The van der Waals surface area contributed by atoms with Gasteiger partial charge in [0.25, 0.3) is 11.6 Å². The van der Waals surface area contributed by atoms with Gasteiger partial charge in [0.15, 0.2) is 4.80 Å². The van der Waals surface area contributed by atoms with Crippen molar-refractivity contribution >= 4 is 54.9 Å². The van der Waals surface area contributed by atoms with E-state index in [9.17, 15) is 23.3 Å². The molecule has 1 aliphatic rings. The number of nitro groups is 1. The van der Waals surface area contributed by atoms with Crippen LogP contribution >= 0.6 is 23.1 Å². The molecular formula is C16H20N4O5S3. The normalized spacial score (nSPS) is 18.8. The Bertz CT molecular complexity index is 1090. The van der Waals surface area contributed by atoms with Gasteiger partial charge in [0, 0.05) is 31.0 Å². The van der Waals surface area contributed by atoms with Gasteiger partial charge in [-0.2, -0.15) is 21.1 Å². The summed E-state index contributed by atoms with van der Waals surface area (Å²) < 4.78 is 27.5. The Balaban J connectivity index is 2.07. The molecule has 2 heterocycles. The highest BCUT2D eigenvalue weighted by molar-refractivity contribution is 7.98. The van der Waals surface area contributed by atoms with E-state index < -0.39 is 26.9 Å². The van der Waals surface area contributed by atoms with Crippen LogP contribution in [-0.2, 0) is 21.4 Å². The fourth-order valence-corrected chi connectivity index (χ4v) is 5.79. The zero-order valence-corrected chi connectivity index (χ0v) is 17.8. The van der Waals surface area contributed by atoms with Crippen molar-refractivity contribution in [2.45, 2.75) is 25.4 Å². The summed E-state index contributed by atoms with van der Waals surface area (Å²) in [4.78, 5) is 28.0. The molecular weight excluding hydrogens is 424 g/mol. The van der Waals surface area contributed by atoms with Gasteiger partial charge in [-0.3, -0.25) is 14.9 Å². The fraction of sp³-hybridized carbons (Fsp3) is 0.500. The van der Waals surface area contributed by atoms with Crippen LogP contribution in [-0.4, -0.2) is 59.0 Å². The number of carbonyl (C=O) groups is 1. The summed E-state index contributed by atoms with van der Waals surface area (Å²) in [7, 11) is -3.48. The Morgan fingerprint density at radius 2 is 2.21 bits per heavy atom. The van der Waals surface area contributed by atoms with Crippen LogP contribution < -0.4 is 4.80 Å². The third-order valence-corrected chi connectivity index (χ3v) is 7.44. The van der Waals surface area contributed by atoms with Gasteiger partial charge in [0.05, 0.1) is 21.4 Å². The lowest BCUT2D eigenvalue weighted by molar-refractivity contribution is -0.384. The van der Waals surface area contributed by atoms with Crippen molar-refractivity contribution in [2.24, 2.45) is 4.99 Å². The molecule has 0 aliphatic carbocycles. The van der Waals surface area contributed by atoms with Crippen molar-refractivity contribution in [3.05, 3.63) is 33.1 Å². The molecule has 1 atom stereocenters. The van der Waals surface area contributed by atoms with Gasteiger partial charge in [-0.15, -0.1) is 0 Å². The second-order valence-corrected chi connectivity index (χ2v) is 10.3. The Labute approximate surface area is 170 Å². The molecule has 1 aromatic carbocycles. The summed E-state index contributed by atoms with van der Waals surface area (Å²) in [5, 5.41) is 11.1. The molecule has 9 nitrogen and oxygen atoms in total. The van der Waals surface area contributed by atoms with E-state index in [1.165, 1.54) is 27.8 Å². The molecule has 0 radical (unpaired) electrons. The van der Waals surface area contributed by atoms with E-state index >= 15 is 0 Å². The molecule has 1 unspecified atom stereocenters. The molecule has 0 N–H and O–H groups in total. The second-order valence-electron chi connectivity index (χ2n) is 6.42. The number of hydrogen-bond acceptors (Lipinski definition) is 7. The number of carbonyl (C=O) groups excluding carboxylic acids is 1. The van der Waals surface area contributed by atoms with E-state index in [4.69, 9.17) is 0 Å². The topological polar surface area (TPSA) is 115 Å². The molecule has 1 aliphatic heterocycles. The third kappa shape index (κ3) is 4.29. The summed E-state index contributed by atoms with van der Waals surface area (Å²) in [6.45, 7) is 0.904. The fourth-order valence-electron chi connectivity index (χ4n) is 3.21. The van der Waals surface area contributed by atoms with Crippen LogP contribution in [0.1, 0.15) is 12.8 Å². The third-order valence-electron chi connectivity index (χ3n) is 4.52. The molecule has 0 spiro atoms. The monoisotopic (exact) mass is 444 g/mol. The van der Waals surface area contributed by atoms with Gasteiger partial charge < -0.3 is 4.57 Å². The summed E-state index contributed by atoms with van der Waals surface area (Å²) in [5.41, 5.74) is 0.741. The van der Waals surface area contributed by atoms with Crippen LogP contribution in [0.3, 0.4) is 0 Å². The number of non-ortho nitro benzene ring substituents is 1. The first kappa shape index (κ1) is 21.0. The van der Waals surface area contributed by atoms with Gasteiger partial charge in [-0.25, -0.2) is 8.42 Å². The standard InChI is InChI=1S/C16H20N4O5S3/c1-26-9-8-18-12-6-5-11(20(22)23)10-14(12)27-16(18)17-15(21)13-4-3-7-19(13)28(2,24)25/h5-6,10,13H,3-4,7-9H2,1-2H3. The van der Waals surface area contributed by atoms with Crippen molar-refractivity contribution in [3.63, 3.8) is 0 Å².